The minimum atomic E-state index is -0.879. The highest BCUT2D eigenvalue weighted by Gasteiger charge is 2.07. The lowest BCUT2D eigenvalue weighted by molar-refractivity contribution is 0.449. The van der Waals surface area contributed by atoms with Crippen molar-refractivity contribution in [3.8, 4) is 11.6 Å². The Hall–Kier alpha value is -2.90. The number of aromatic hydroxyl groups is 2. The molecule has 2 aromatic rings. The zero-order valence-electron chi connectivity index (χ0n) is 8.91. The highest BCUT2D eigenvalue weighted by atomic mass is 16.3. The maximum absolute atomic E-state index is 11.3. The summed E-state index contributed by atoms with van der Waals surface area (Å²) >= 11 is 0. The number of nitrogens with zero attached hydrogens (tertiary/aromatic N) is 2. The van der Waals surface area contributed by atoms with Gasteiger partial charge in [-0.3, -0.25) is 14.8 Å². The summed E-state index contributed by atoms with van der Waals surface area (Å²) in [5, 5.41) is 25.8. The third kappa shape index (κ3) is 2.26. The molecule has 0 aliphatic heterocycles. The fourth-order valence-electron chi connectivity index (χ4n) is 1.21. The quantitative estimate of drug-likeness (QED) is 0.587. The SMILES string of the molecule is O=c1[nH]c(O)c(N=Nc2ccccc2O)c(=O)[nH]1. The zero-order chi connectivity index (χ0) is 13.1. The van der Waals surface area contributed by atoms with E-state index in [0.29, 0.717) is 0 Å². The van der Waals surface area contributed by atoms with E-state index < -0.39 is 22.8 Å². The molecule has 1 aromatic carbocycles. The molecule has 0 fully saturated rings. The predicted molar refractivity (Wildman–Crippen MR) is 61.6 cm³/mol. The summed E-state index contributed by atoms with van der Waals surface area (Å²) in [6, 6.07) is 6.07. The molecule has 1 aromatic heterocycles. The number of rotatable bonds is 2. The van der Waals surface area contributed by atoms with Crippen molar-refractivity contribution in [3.05, 3.63) is 45.1 Å². The monoisotopic (exact) mass is 248 g/mol. The number of nitrogens with one attached hydrogen (secondary N) is 2. The maximum Gasteiger partial charge on any atom is 0.328 e. The van der Waals surface area contributed by atoms with Crippen LogP contribution in [0.2, 0.25) is 0 Å². The van der Waals surface area contributed by atoms with Gasteiger partial charge in [0.1, 0.15) is 11.4 Å². The summed E-state index contributed by atoms with van der Waals surface area (Å²) in [6.07, 6.45) is 0. The van der Waals surface area contributed by atoms with Gasteiger partial charge >= 0.3 is 5.69 Å². The minimum Gasteiger partial charge on any atom is -0.506 e. The number of phenolic OH excluding ortho intramolecular Hbond substituents is 1. The Bertz CT molecular complexity index is 716. The van der Waals surface area contributed by atoms with Gasteiger partial charge in [-0.05, 0) is 12.1 Å². The number of phenols is 1. The molecule has 8 heteroatoms. The van der Waals surface area contributed by atoms with Gasteiger partial charge in [0.2, 0.25) is 11.6 Å². The smallest absolute Gasteiger partial charge is 0.328 e. The van der Waals surface area contributed by atoms with E-state index in [1.807, 2.05) is 9.97 Å². The maximum atomic E-state index is 11.3. The van der Waals surface area contributed by atoms with Crippen LogP contribution < -0.4 is 11.2 Å². The van der Waals surface area contributed by atoms with E-state index in [-0.39, 0.29) is 11.4 Å². The van der Waals surface area contributed by atoms with Crippen molar-refractivity contribution in [2.24, 2.45) is 10.2 Å². The molecule has 2 rings (SSSR count). The second-order valence-electron chi connectivity index (χ2n) is 3.29. The first-order valence-corrected chi connectivity index (χ1v) is 4.83. The van der Waals surface area contributed by atoms with E-state index in [0.717, 1.165) is 0 Å². The zero-order valence-corrected chi connectivity index (χ0v) is 8.91. The summed E-state index contributed by atoms with van der Waals surface area (Å²) in [7, 11) is 0. The molecule has 18 heavy (non-hydrogen) atoms. The first-order chi connectivity index (χ1) is 8.58. The molecule has 0 radical (unpaired) electrons. The topological polar surface area (TPSA) is 131 Å². The van der Waals surface area contributed by atoms with Crippen molar-refractivity contribution in [1.82, 2.24) is 9.97 Å². The Balaban J connectivity index is 2.45. The Morgan fingerprint density at radius 3 is 2.39 bits per heavy atom. The fraction of sp³-hybridized carbons (Fsp3) is 0. The Morgan fingerprint density at radius 1 is 1.00 bits per heavy atom. The van der Waals surface area contributed by atoms with E-state index in [1.54, 1.807) is 12.1 Å². The van der Waals surface area contributed by atoms with Crippen LogP contribution in [-0.4, -0.2) is 20.2 Å². The van der Waals surface area contributed by atoms with Crippen LogP contribution in [0.1, 0.15) is 0 Å². The van der Waals surface area contributed by atoms with Crippen LogP contribution in [0.25, 0.3) is 0 Å². The van der Waals surface area contributed by atoms with Crippen LogP contribution in [0, 0.1) is 0 Å². The van der Waals surface area contributed by atoms with Gasteiger partial charge in [-0.2, -0.15) is 0 Å². The van der Waals surface area contributed by atoms with Crippen molar-refractivity contribution in [2.75, 3.05) is 0 Å². The first kappa shape index (κ1) is 11.6. The molecule has 0 atom stereocenters. The van der Waals surface area contributed by atoms with Gasteiger partial charge in [0.15, 0.2) is 0 Å². The van der Waals surface area contributed by atoms with E-state index in [9.17, 15) is 19.8 Å². The number of azo groups is 1. The van der Waals surface area contributed by atoms with Crippen LogP contribution >= 0.6 is 0 Å². The molecule has 1 heterocycles. The lowest BCUT2D eigenvalue weighted by atomic mass is 10.3. The number of aromatic nitrogens is 2. The third-order valence-electron chi connectivity index (χ3n) is 2.04. The van der Waals surface area contributed by atoms with Crippen LogP contribution in [0.15, 0.2) is 44.1 Å². The lowest BCUT2D eigenvalue weighted by Crippen LogP contribution is -2.20. The molecule has 92 valence electrons. The highest BCUT2D eigenvalue weighted by Crippen LogP contribution is 2.27. The van der Waals surface area contributed by atoms with Gasteiger partial charge in [0.25, 0.3) is 5.56 Å². The number of benzene rings is 1. The highest BCUT2D eigenvalue weighted by molar-refractivity contribution is 5.51. The van der Waals surface area contributed by atoms with Crippen LogP contribution in [0.5, 0.6) is 11.6 Å². The molecule has 0 aliphatic rings. The largest absolute Gasteiger partial charge is 0.506 e. The Kier molecular flexibility index (Phi) is 2.92. The van der Waals surface area contributed by atoms with Crippen molar-refractivity contribution in [2.45, 2.75) is 0 Å². The molecule has 0 aliphatic carbocycles. The van der Waals surface area contributed by atoms with Crippen molar-refractivity contribution in [3.63, 3.8) is 0 Å². The van der Waals surface area contributed by atoms with Crippen molar-refractivity contribution >= 4 is 11.4 Å². The third-order valence-corrected chi connectivity index (χ3v) is 2.04. The average Bonchev–Trinajstić information content (AvgIpc) is 2.30. The number of hydrogen-bond donors (Lipinski definition) is 4. The number of para-hydroxylation sites is 1. The molecular weight excluding hydrogens is 240 g/mol. The molecule has 0 saturated heterocycles. The van der Waals surface area contributed by atoms with Crippen LogP contribution in [0.3, 0.4) is 0 Å². The average molecular weight is 248 g/mol. The number of aromatic amines is 2. The van der Waals surface area contributed by atoms with Gasteiger partial charge in [0.05, 0.1) is 0 Å². The second-order valence-corrected chi connectivity index (χ2v) is 3.29. The molecule has 0 unspecified atom stereocenters. The summed E-state index contributed by atoms with van der Waals surface area (Å²) in [5.74, 6) is -0.815. The van der Waals surface area contributed by atoms with Crippen molar-refractivity contribution < 1.29 is 10.2 Å². The fourth-order valence-corrected chi connectivity index (χ4v) is 1.21. The molecule has 0 spiro atoms. The van der Waals surface area contributed by atoms with E-state index in [1.165, 1.54) is 12.1 Å². The van der Waals surface area contributed by atoms with Gasteiger partial charge < -0.3 is 10.2 Å². The summed E-state index contributed by atoms with van der Waals surface area (Å²) < 4.78 is 0. The standard InChI is InChI=1S/C10H8N4O4/c15-6-4-2-1-3-5(6)13-14-7-8(16)11-10(18)12-9(7)17/h1-4,15H,(H3,11,12,16,17,18). The normalized spacial score (nSPS) is 10.9. The summed E-state index contributed by atoms with van der Waals surface area (Å²) in [6.45, 7) is 0. The number of hydrogen-bond acceptors (Lipinski definition) is 6. The Morgan fingerprint density at radius 2 is 1.72 bits per heavy atom. The molecule has 0 amide bonds. The van der Waals surface area contributed by atoms with Gasteiger partial charge in [-0.15, -0.1) is 10.2 Å². The van der Waals surface area contributed by atoms with Gasteiger partial charge in [-0.25, -0.2) is 4.79 Å². The summed E-state index contributed by atoms with van der Waals surface area (Å²) in [5.41, 5.74) is -2.05. The molecule has 0 bridgehead atoms. The summed E-state index contributed by atoms with van der Waals surface area (Å²) in [4.78, 5) is 26.0. The van der Waals surface area contributed by atoms with E-state index in [4.69, 9.17) is 0 Å². The molecule has 0 saturated carbocycles. The molecule has 4 N–H and O–H groups in total. The van der Waals surface area contributed by atoms with Gasteiger partial charge in [-0.1, -0.05) is 12.1 Å². The number of H-pyrrole nitrogens is 2. The van der Waals surface area contributed by atoms with Crippen LogP contribution in [-0.2, 0) is 0 Å². The first-order valence-electron chi connectivity index (χ1n) is 4.83. The minimum absolute atomic E-state index is 0.124. The van der Waals surface area contributed by atoms with E-state index in [2.05, 4.69) is 10.2 Å². The van der Waals surface area contributed by atoms with Gasteiger partial charge in [0, 0.05) is 0 Å². The Labute approximate surface area is 99.3 Å². The lowest BCUT2D eigenvalue weighted by Gasteiger charge is -1.97. The molecule has 8 nitrogen and oxygen atoms in total. The van der Waals surface area contributed by atoms with Crippen molar-refractivity contribution in [1.29, 1.82) is 0 Å². The van der Waals surface area contributed by atoms with E-state index >= 15 is 0 Å². The second kappa shape index (κ2) is 4.53. The predicted octanol–water partition coefficient (Wildman–Crippen LogP) is 0.890. The molecular formula is C10H8N4O4. The van der Waals surface area contributed by atoms with Crippen LogP contribution in [0.4, 0.5) is 11.4 Å².